The Morgan fingerprint density at radius 3 is 2.94 bits per heavy atom. The Balaban J connectivity index is 2.11. The number of likely N-dealkylation sites (tertiary alicyclic amines) is 1. The van der Waals surface area contributed by atoms with E-state index in [9.17, 15) is 4.79 Å². The van der Waals surface area contributed by atoms with Gasteiger partial charge in [-0.05, 0) is 19.4 Å². The fourth-order valence-electron chi connectivity index (χ4n) is 2.14. The molecule has 88 valence electrons. The van der Waals surface area contributed by atoms with Gasteiger partial charge >= 0.3 is 0 Å². The van der Waals surface area contributed by atoms with Crippen LogP contribution in [0.2, 0.25) is 0 Å². The highest BCUT2D eigenvalue weighted by molar-refractivity contribution is 5.92. The highest BCUT2D eigenvalue weighted by Crippen LogP contribution is 2.18. The number of aromatic nitrogens is 2. The van der Waals surface area contributed by atoms with Gasteiger partial charge in [-0.3, -0.25) is 9.48 Å². The lowest BCUT2D eigenvalue weighted by Gasteiger charge is -2.15. The molecule has 1 aliphatic rings. The van der Waals surface area contributed by atoms with Crippen molar-refractivity contribution in [1.29, 1.82) is 0 Å². The van der Waals surface area contributed by atoms with E-state index in [0.717, 1.165) is 18.7 Å². The van der Waals surface area contributed by atoms with Gasteiger partial charge in [-0.2, -0.15) is 5.10 Å². The van der Waals surface area contributed by atoms with Crippen LogP contribution in [0.5, 0.6) is 0 Å². The number of nitrogens with zero attached hydrogens (tertiary/aromatic N) is 3. The zero-order chi connectivity index (χ0) is 11.7. The molecule has 1 saturated heterocycles. The first-order valence-corrected chi connectivity index (χ1v) is 5.52. The molecule has 0 bridgehead atoms. The monoisotopic (exact) mass is 223 g/mol. The van der Waals surface area contributed by atoms with Gasteiger partial charge in [0.05, 0.1) is 5.69 Å². The molecule has 16 heavy (non-hydrogen) atoms. The second-order valence-electron chi connectivity index (χ2n) is 4.38. The molecule has 0 saturated carbocycles. The molecule has 0 radical (unpaired) electrons. The Bertz CT molecular complexity index is 400. The number of hydrogen-bond donors (Lipinski definition) is 1. The van der Waals surface area contributed by atoms with E-state index >= 15 is 0 Å². The number of aliphatic hydroxyl groups excluding tert-OH is 1. The average Bonchev–Trinajstić information content (AvgIpc) is 2.84. The molecule has 5 heteroatoms. The lowest BCUT2D eigenvalue weighted by atomic mass is 10.1. The summed E-state index contributed by atoms with van der Waals surface area (Å²) < 4.78 is 1.62. The molecule has 1 aromatic rings. The van der Waals surface area contributed by atoms with Crippen LogP contribution in [-0.2, 0) is 7.05 Å². The van der Waals surface area contributed by atoms with Gasteiger partial charge in [0.15, 0.2) is 0 Å². The first-order chi connectivity index (χ1) is 7.61. The third-order valence-electron chi connectivity index (χ3n) is 3.05. The molecular formula is C11H17N3O2. The van der Waals surface area contributed by atoms with Crippen LogP contribution in [0.1, 0.15) is 22.6 Å². The van der Waals surface area contributed by atoms with E-state index in [-0.39, 0.29) is 18.4 Å². The van der Waals surface area contributed by atoms with Crippen LogP contribution in [0.3, 0.4) is 0 Å². The molecule has 1 amide bonds. The van der Waals surface area contributed by atoms with Crippen molar-refractivity contribution in [2.75, 3.05) is 19.7 Å². The Morgan fingerprint density at radius 1 is 1.69 bits per heavy atom. The first-order valence-electron chi connectivity index (χ1n) is 5.52. The maximum absolute atomic E-state index is 12.1. The minimum Gasteiger partial charge on any atom is -0.396 e. The zero-order valence-electron chi connectivity index (χ0n) is 9.68. The summed E-state index contributed by atoms with van der Waals surface area (Å²) in [5.74, 6) is 0.248. The quantitative estimate of drug-likeness (QED) is 0.778. The van der Waals surface area contributed by atoms with Gasteiger partial charge in [-0.15, -0.1) is 0 Å². The first kappa shape index (κ1) is 11.1. The molecule has 5 nitrogen and oxygen atoms in total. The molecular weight excluding hydrogens is 206 g/mol. The van der Waals surface area contributed by atoms with Crippen molar-refractivity contribution in [3.63, 3.8) is 0 Å². The van der Waals surface area contributed by atoms with E-state index in [1.54, 1.807) is 22.7 Å². The van der Waals surface area contributed by atoms with Crippen molar-refractivity contribution in [2.45, 2.75) is 13.3 Å². The minimum absolute atomic E-state index is 0.0130. The molecule has 1 aliphatic heterocycles. The third kappa shape index (κ3) is 1.95. The Morgan fingerprint density at radius 2 is 2.44 bits per heavy atom. The van der Waals surface area contributed by atoms with Gasteiger partial charge in [-0.1, -0.05) is 0 Å². The van der Waals surface area contributed by atoms with Crippen LogP contribution in [0.15, 0.2) is 6.07 Å². The molecule has 1 N–H and O–H groups in total. The number of hydrogen-bond acceptors (Lipinski definition) is 3. The van der Waals surface area contributed by atoms with E-state index in [4.69, 9.17) is 5.11 Å². The third-order valence-corrected chi connectivity index (χ3v) is 3.05. The van der Waals surface area contributed by atoms with Crippen LogP contribution in [0.4, 0.5) is 0 Å². The largest absolute Gasteiger partial charge is 0.396 e. The van der Waals surface area contributed by atoms with Crippen LogP contribution in [-0.4, -0.2) is 45.4 Å². The lowest BCUT2D eigenvalue weighted by molar-refractivity contribution is 0.0771. The van der Waals surface area contributed by atoms with E-state index in [2.05, 4.69) is 5.10 Å². The van der Waals surface area contributed by atoms with Crippen LogP contribution >= 0.6 is 0 Å². The molecule has 1 aromatic heterocycles. The Kier molecular flexibility index (Phi) is 2.96. The van der Waals surface area contributed by atoms with Gasteiger partial charge in [-0.25, -0.2) is 0 Å². The summed E-state index contributed by atoms with van der Waals surface area (Å²) in [7, 11) is 1.78. The molecule has 0 aromatic carbocycles. The highest BCUT2D eigenvalue weighted by atomic mass is 16.3. The molecule has 2 heterocycles. The number of aliphatic hydroxyl groups is 1. The number of rotatable bonds is 2. The fourth-order valence-corrected chi connectivity index (χ4v) is 2.14. The SMILES string of the molecule is Cc1cc(C(=O)N2CC[C@H](CO)C2)n(C)n1. The Labute approximate surface area is 94.7 Å². The van der Waals surface area contributed by atoms with Crippen molar-refractivity contribution in [2.24, 2.45) is 13.0 Å². The van der Waals surface area contributed by atoms with Crippen LogP contribution in [0.25, 0.3) is 0 Å². The number of carbonyl (C=O) groups excluding carboxylic acids is 1. The summed E-state index contributed by atoms with van der Waals surface area (Å²) in [6.07, 6.45) is 0.888. The average molecular weight is 223 g/mol. The van der Waals surface area contributed by atoms with Crippen LogP contribution in [0, 0.1) is 12.8 Å². The predicted octanol–water partition coefficient (Wildman–Crippen LogP) is 0.183. The van der Waals surface area contributed by atoms with Gasteiger partial charge in [0.1, 0.15) is 5.69 Å². The van der Waals surface area contributed by atoms with Gasteiger partial charge in [0, 0.05) is 32.7 Å². The summed E-state index contributed by atoms with van der Waals surface area (Å²) in [5, 5.41) is 13.2. The van der Waals surface area contributed by atoms with Gasteiger partial charge < -0.3 is 10.0 Å². The van der Waals surface area contributed by atoms with E-state index < -0.39 is 0 Å². The summed E-state index contributed by atoms with van der Waals surface area (Å²) in [6, 6.07) is 1.80. The Hall–Kier alpha value is -1.36. The van der Waals surface area contributed by atoms with Crippen molar-refractivity contribution in [3.05, 3.63) is 17.5 Å². The van der Waals surface area contributed by atoms with E-state index in [0.29, 0.717) is 12.2 Å². The van der Waals surface area contributed by atoms with E-state index in [1.807, 2.05) is 6.92 Å². The summed E-state index contributed by atoms with van der Waals surface area (Å²) in [4.78, 5) is 13.9. The number of carbonyl (C=O) groups is 1. The van der Waals surface area contributed by atoms with Crippen molar-refractivity contribution in [3.8, 4) is 0 Å². The highest BCUT2D eigenvalue weighted by Gasteiger charge is 2.27. The zero-order valence-corrected chi connectivity index (χ0v) is 9.68. The second-order valence-corrected chi connectivity index (χ2v) is 4.38. The fraction of sp³-hybridized carbons (Fsp3) is 0.636. The van der Waals surface area contributed by atoms with Crippen LogP contribution < -0.4 is 0 Å². The summed E-state index contributed by atoms with van der Waals surface area (Å²) in [6.45, 7) is 3.42. The molecule has 0 spiro atoms. The molecule has 2 rings (SSSR count). The normalized spacial score (nSPS) is 20.4. The molecule has 0 unspecified atom stereocenters. The maximum atomic E-state index is 12.1. The maximum Gasteiger partial charge on any atom is 0.272 e. The molecule has 1 fully saturated rings. The predicted molar refractivity (Wildman–Crippen MR) is 59.0 cm³/mol. The summed E-state index contributed by atoms with van der Waals surface area (Å²) in [5.41, 5.74) is 1.47. The minimum atomic E-state index is 0.0130. The number of aryl methyl sites for hydroxylation is 2. The molecule has 0 aliphatic carbocycles. The lowest BCUT2D eigenvalue weighted by Crippen LogP contribution is -2.30. The summed E-state index contributed by atoms with van der Waals surface area (Å²) >= 11 is 0. The van der Waals surface area contributed by atoms with Crippen molar-refractivity contribution < 1.29 is 9.90 Å². The topological polar surface area (TPSA) is 58.4 Å². The van der Waals surface area contributed by atoms with Gasteiger partial charge in [0.2, 0.25) is 0 Å². The van der Waals surface area contributed by atoms with Gasteiger partial charge in [0.25, 0.3) is 5.91 Å². The second kappa shape index (κ2) is 4.25. The van der Waals surface area contributed by atoms with E-state index in [1.165, 1.54) is 0 Å². The molecule has 1 atom stereocenters. The smallest absolute Gasteiger partial charge is 0.272 e. The van der Waals surface area contributed by atoms with Crippen molar-refractivity contribution >= 4 is 5.91 Å². The number of amides is 1. The van der Waals surface area contributed by atoms with Crippen molar-refractivity contribution in [1.82, 2.24) is 14.7 Å². The standard InChI is InChI=1S/C11H17N3O2/c1-8-5-10(13(2)12-8)11(16)14-4-3-9(6-14)7-15/h5,9,15H,3-4,6-7H2,1-2H3/t9-/m0/s1.